The quantitative estimate of drug-likeness (QED) is 0.464. The molecular weight excluding hydrogens is 441 g/mol. The van der Waals surface area contributed by atoms with Gasteiger partial charge in [-0.15, -0.1) is 0 Å². The molecule has 0 aromatic heterocycles. The number of nitrogens with zero attached hydrogens (tertiary/aromatic N) is 2. The molecule has 0 N–H and O–H groups in total. The average Bonchev–Trinajstić information content (AvgIpc) is 3.14. The zero-order chi connectivity index (χ0) is 22.7. The lowest BCUT2D eigenvalue weighted by Crippen LogP contribution is -2.39. The number of alkyl halides is 3. The average molecular weight is 459 g/mol. The number of halogens is 4. The minimum absolute atomic E-state index is 0.0947. The fourth-order valence-electron chi connectivity index (χ4n) is 3.64. The van der Waals surface area contributed by atoms with Crippen molar-refractivity contribution in [1.29, 1.82) is 0 Å². The van der Waals surface area contributed by atoms with Gasteiger partial charge in [0.25, 0.3) is 0 Å². The van der Waals surface area contributed by atoms with Gasteiger partial charge in [-0.3, -0.25) is 4.99 Å². The van der Waals surface area contributed by atoms with Gasteiger partial charge in [0.2, 0.25) is 0 Å². The van der Waals surface area contributed by atoms with Crippen LogP contribution in [0.15, 0.2) is 89.9 Å². The Bertz CT molecular complexity index is 1120. The summed E-state index contributed by atoms with van der Waals surface area (Å²) < 4.78 is 39.3. The van der Waals surface area contributed by atoms with Gasteiger partial charge in [0.1, 0.15) is 17.9 Å². The Morgan fingerprint density at radius 3 is 2.06 bits per heavy atom. The molecule has 0 spiro atoms. The first-order valence-electron chi connectivity index (χ1n) is 9.83. The van der Waals surface area contributed by atoms with Gasteiger partial charge < -0.3 is 4.84 Å². The molecule has 0 fully saturated rings. The summed E-state index contributed by atoms with van der Waals surface area (Å²) in [7, 11) is 0. The number of benzene rings is 3. The third kappa shape index (κ3) is 4.62. The van der Waals surface area contributed by atoms with Crippen LogP contribution >= 0.6 is 11.6 Å². The van der Waals surface area contributed by atoms with Gasteiger partial charge in [0.15, 0.2) is 0 Å². The Morgan fingerprint density at radius 1 is 0.906 bits per heavy atom. The molecule has 0 radical (unpaired) electrons. The van der Waals surface area contributed by atoms with E-state index in [-0.39, 0.29) is 12.3 Å². The van der Waals surface area contributed by atoms with Crippen molar-refractivity contribution in [1.82, 2.24) is 5.06 Å². The van der Waals surface area contributed by atoms with E-state index in [1.54, 1.807) is 54.6 Å². The van der Waals surface area contributed by atoms with Crippen molar-refractivity contribution in [2.24, 2.45) is 4.99 Å². The summed E-state index contributed by atoms with van der Waals surface area (Å²) in [5.74, 6) is -2.13. The van der Waals surface area contributed by atoms with Crippen LogP contribution in [0.5, 0.6) is 0 Å². The molecule has 4 rings (SSSR count). The summed E-state index contributed by atoms with van der Waals surface area (Å²) >= 11 is 6.27. The molecule has 164 valence electrons. The molecule has 1 heterocycles. The van der Waals surface area contributed by atoms with E-state index in [9.17, 15) is 18.0 Å². The van der Waals surface area contributed by atoms with Gasteiger partial charge in [-0.25, -0.2) is 4.79 Å². The Labute approximate surface area is 187 Å². The van der Waals surface area contributed by atoms with Crippen molar-refractivity contribution in [3.05, 3.63) is 107 Å². The Morgan fingerprint density at radius 2 is 1.47 bits per heavy atom. The predicted octanol–water partition coefficient (Wildman–Crippen LogP) is 6.10. The first-order valence-corrected chi connectivity index (χ1v) is 10.2. The van der Waals surface area contributed by atoms with Gasteiger partial charge in [0.05, 0.1) is 0 Å². The molecule has 0 saturated carbocycles. The van der Waals surface area contributed by atoms with Crippen molar-refractivity contribution in [3.63, 3.8) is 0 Å². The van der Waals surface area contributed by atoms with E-state index in [0.29, 0.717) is 16.1 Å². The molecule has 0 amide bonds. The molecule has 4 nitrogen and oxygen atoms in total. The summed E-state index contributed by atoms with van der Waals surface area (Å²) in [5, 5.41) is 1.42. The second-order valence-electron chi connectivity index (χ2n) is 7.23. The molecule has 1 aliphatic rings. The summed E-state index contributed by atoms with van der Waals surface area (Å²) in [6.45, 7) is 0. The van der Waals surface area contributed by atoms with E-state index in [2.05, 4.69) is 0 Å². The molecule has 8 heteroatoms. The maximum absolute atomic E-state index is 13.1. The van der Waals surface area contributed by atoms with E-state index in [1.165, 1.54) is 0 Å². The summed E-state index contributed by atoms with van der Waals surface area (Å²) in [5.41, 5.74) is 2.10. The lowest BCUT2D eigenvalue weighted by molar-refractivity contribution is -0.230. The Balaban J connectivity index is 1.80. The minimum atomic E-state index is -5.15. The van der Waals surface area contributed by atoms with Gasteiger partial charge in [-0.1, -0.05) is 90.5 Å². The Hall–Kier alpha value is -3.32. The van der Waals surface area contributed by atoms with Crippen LogP contribution < -0.4 is 0 Å². The van der Waals surface area contributed by atoms with Crippen LogP contribution in [0.2, 0.25) is 5.02 Å². The smallest absolute Gasteiger partial charge is 0.330 e. The van der Waals surface area contributed by atoms with Crippen molar-refractivity contribution in [2.45, 2.75) is 24.7 Å². The first kappa shape index (κ1) is 21.9. The molecule has 3 aromatic rings. The molecule has 0 aliphatic carbocycles. The largest absolute Gasteiger partial charge is 0.493 e. The number of carbonyl (C=O) groups excluding carboxylic acids is 1. The van der Waals surface area contributed by atoms with E-state index < -0.39 is 24.2 Å². The van der Waals surface area contributed by atoms with Crippen LogP contribution in [0.4, 0.5) is 13.2 Å². The van der Waals surface area contributed by atoms with E-state index in [4.69, 9.17) is 21.4 Å². The number of aliphatic imine (C=N–C) groups is 1. The number of carbonyl (C=O) groups is 1. The van der Waals surface area contributed by atoms with Crippen LogP contribution in [-0.2, 0) is 16.1 Å². The normalized spacial score (nSPS) is 18.4. The number of hydrogen-bond donors (Lipinski definition) is 0. The minimum Gasteiger partial charge on any atom is -0.330 e. The number of amidine groups is 1. The monoisotopic (exact) mass is 458 g/mol. The predicted molar refractivity (Wildman–Crippen MR) is 115 cm³/mol. The zero-order valence-electron chi connectivity index (χ0n) is 16.7. The standard InChI is InChI=1S/C24H18ClF3N2O2/c25-19-14-8-7-13-18(19)15-20-29-21(16-9-3-1-4-10-16)22(17-11-5-2-6-12-17)30(20)32-23(31)24(26,27)28/h1-14,21-22H,15H2. The summed E-state index contributed by atoms with van der Waals surface area (Å²) in [4.78, 5) is 21.5. The summed E-state index contributed by atoms with van der Waals surface area (Å²) in [6, 6.07) is 23.6. The lowest BCUT2D eigenvalue weighted by Gasteiger charge is -2.29. The van der Waals surface area contributed by atoms with Crippen molar-refractivity contribution in [2.75, 3.05) is 0 Å². The first-order chi connectivity index (χ1) is 15.3. The maximum Gasteiger partial charge on any atom is 0.493 e. The third-order valence-corrected chi connectivity index (χ3v) is 5.46. The second-order valence-corrected chi connectivity index (χ2v) is 7.63. The fraction of sp³-hybridized carbons (Fsp3) is 0.167. The molecule has 2 atom stereocenters. The molecule has 32 heavy (non-hydrogen) atoms. The van der Waals surface area contributed by atoms with E-state index in [1.807, 2.05) is 30.3 Å². The summed E-state index contributed by atoms with van der Waals surface area (Å²) in [6.07, 6.45) is -5.06. The highest BCUT2D eigenvalue weighted by atomic mass is 35.5. The number of hydrogen-bond acceptors (Lipinski definition) is 4. The zero-order valence-corrected chi connectivity index (χ0v) is 17.4. The highest BCUT2D eigenvalue weighted by molar-refractivity contribution is 6.31. The highest BCUT2D eigenvalue weighted by Gasteiger charge is 2.47. The van der Waals surface area contributed by atoms with E-state index >= 15 is 0 Å². The van der Waals surface area contributed by atoms with Crippen LogP contribution in [0.3, 0.4) is 0 Å². The third-order valence-electron chi connectivity index (χ3n) is 5.10. The van der Waals surface area contributed by atoms with E-state index in [0.717, 1.165) is 10.6 Å². The molecule has 2 unspecified atom stereocenters. The second kappa shape index (κ2) is 9.04. The maximum atomic E-state index is 13.1. The Kier molecular flexibility index (Phi) is 6.19. The van der Waals surface area contributed by atoms with Crippen molar-refractivity contribution < 1.29 is 22.8 Å². The van der Waals surface area contributed by atoms with Gasteiger partial charge in [-0.2, -0.15) is 18.2 Å². The van der Waals surface area contributed by atoms with Crippen LogP contribution in [-0.4, -0.2) is 23.0 Å². The highest BCUT2D eigenvalue weighted by Crippen LogP contribution is 2.43. The molecule has 0 bridgehead atoms. The van der Waals surface area contributed by atoms with Crippen molar-refractivity contribution >= 4 is 23.4 Å². The van der Waals surface area contributed by atoms with Crippen LogP contribution in [0.25, 0.3) is 0 Å². The van der Waals surface area contributed by atoms with Gasteiger partial charge >= 0.3 is 12.1 Å². The lowest BCUT2D eigenvalue weighted by atomic mass is 9.94. The molecule has 3 aromatic carbocycles. The SMILES string of the molecule is O=C(ON1C(Cc2ccccc2Cl)=NC(c2ccccc2)C1c1ccccc1)C(F)(F)F. The van der Waals surface area contributed by atoms with Crippen LogP contribution in [0, 0.1) is 0 Å². The fourth-order valence-corrected chi connectivity index (χ4v) is 3.84. The van der Waals surface area contributed by atoms with Gasteiger partial charge in [-0.05, 0) is 22.8 Å². The molecular formula is C24H18ClF3N2O2. The van der Waals surface area contributed by atoms with Gasteiger partial charge in [0, 0.05) is 11.4 Å². The topological polar surface area (TPSA) is 41.9 Å². The van der Waals surface area contributed by atoms with Crippen molar-refractivity contribution in [3.8, 4) is 0 Å². The molecule has 0 saturated heterocycles. The molecule has 1 aliphatic heterocycles. The van der Waals surface area contributed by atoms with Crippen LogP contribution in [0.1, 0.15) is 28.8 Å². The number of rotatable bonds is 5. The number of hydroxylamine groups is 2.